The van der Waals surface area contributed by atoms with Gasteiger partial charge in [-0.25, -0.2) is 0 Å². The first-order valence-corrected chi connectivity index (χ1v) is 7.69. The van der Waals surface area contributed by atoms with Crippen molar-refractivity contribution in [2.75, 3.05) is 13.2 Å². The lowest BCUT2D eigenvalue weighted by Gasteiger charge is -2.32. The van der Waals surface area contributed by atoms with Crippen LogP contribution in [0.5, 0.6) is 0 Å². The molecule has 0 aromatic carbocycles. The summed E-state index contributed by atoms with van der Waals surface area (Å²) in [6.07, 6.45) is 4.16. The Kier molecular flexibility index (Phi) is 2.66. The van der Waals surface area contributed by atoms with E-state index in [0.717, 1.165) is 0 Å². The van der Waals surface area contributed by atoms with Crippen molar-refractivity contribution in [2.24, 2.45) is 11.8 Å². The van der Waals surface area contributed by atoms with Crippen LogP contribution in [0.25, 0.3) is 0 Å². The maximum atomic E-state index is 12.9. The summed E-state index contributed by atoms with van der Waals surface area (Å²) in [5.74, 6) is -0.985. The molecular weight excluding hydrogens is 302 g/mol. The molecule has 7 heteroatoms. The number of likely N-dealkylation sites (tertiary alicyclic amines) is 1. The number of carbonyl (C=O) groups is 2. The average Bonchev–Trinajstić information content (AvgIpc) is 3.34. The van der Waals surface area contributed by atoms with E-state index in [1.54, 1.807) is 12.1 Å². The number of ether oxygens (including phenoxy) is 3. The molecule has 120 valence electrons. The molecule has 4 atom stereocenters. The smallest absolute Gasteiger partial charge is 0.237 e. The van der Waals surface area contributed by atoms with Gasteiger partial charge >= 0.3 is 0 Å². The fourth-order valence-corrected chi connectivity index (χ4v) is 4.10. The molecule has 0 spiro atoms. The van der Waals surface area contributed by atoms with Crippen molar-refractivity contribution >= 4 is 11.8 Å². The number of amides is 2. The van der Waals surface area contributed by atoms with Crippen LogP contribution in [0.4, 0.5) is 0 Å². The number of imide groups is 1. The fraction of sp³-hybridized carbons (Fsp3) is 0.500. The lowest BCUT2D eigenvalue weighted by Crippen LogP contribution is -2.49. The van der Waals surface area contributed by atoms with E-state index in [9.17, 15) is 9.59 Å². The Morgan fingerprint density at radius 1 is 1.22 bits per heavy atom. The predicted octanol–water partition coefficient (Wildman–Crippen LogP) is 0.461. The summed E-state index contributed by atoms with van der Waals surface area (Å²) in [5, 5.41) is 0. The van der Waals surface area contributed by atoms with Gasteiger partial charge in [0.15, 0.2) is 11.9 Å². The normalized spacial score (nSPS) is 39.0. The van der Waals surface area contributed by atoms with Crippen LogP contribution in [-0.2, 0) is 30.3 Å². The molecule has 5 heterocycles. The summed E-state index contributed by atoms with van der Waals surface area (Å²) in [6.45, 7) is 1.07. The Morgan fingerprint density at radius 2 is 2.04 bits per heavy atom. The minimum absolute atomic E-state index is 0.146. The third-order valence-corrected chi connectivity index (χ3v) is 5.05. The van der Waals surface area contributed by atoms with Crippen LogP contribution in [-0.4, -0.2) is 47.9 Å². The van der Waals surface area contributed by atoms with Gasteiger partial charge in [0.25, 0.3) is 0 Å². The third kappa shape index (κ3) is 1.64. The second kappa shape index (κ2) is 4.53. The molecule has 1 aromatic heterocycles. The maximum Gasteiger partial charge on any atom is 0.237 e. The summed E-state index contributed by atoms with van der Waals surface area (Å²) < 4.78 is 22.4. The van der Waals surface area contributed by atoms with Gasteiger partial charge in [-0.3, -0.25) is 14.5 Å². The molecular formula is C16H15NO6. The van der Waals surface area contributed by atoms with Crippen LogP contribution in [0.1, 0.15) is 5.76 Å². The largest absolute Gasteiger partial charge is 0.467 e. The van der Waals surface area contributed by atoms with Crippen molar-refractivity contribution in [1.82, 2.24) is 4.90 Å². The molecule has 7 nitrogen and oxygen atoms in total. The number of hydrogen-bond acceptors (Lipinski definition) is 6. The monoisotopic (exact) mass is 317 g/mol. The SMILES string of the molecule is O=C1[C@@H]2[C@@H](C(=O)N1Cc1ccco1)[C@@]1(C3OCCO3)C=C[C@H]2O1. The van der Waals surface area contributed by atoms with Gasteiger partial charge in [-0.15, -0.1) is 0 Å². The van der Waals surface area contributed by atoms with E-state index in [1.807, 2.05) is 12.2 Å². The highest BCUT2D eigenvalue weighted by Crippen LogP contribution is 2.54. The zero-order valence-electron chi connectivity index (χ0n) is 12.2. The number of fused-ring (bicyclic) bond motifs is 5. The van der Waals surface area contributed by atoms with Crippen molar-refractivity contribution < 1.29 is 28.2 Å². The van der Waals surface area contributed by atoms with E-state index in [2.05, 4.69) is 0 Å². The Balaban J connectivity index is 1.50. The van der Waals surface area contributed by atoms with E-state index >= 15 is 0 Å². The topological polar surface area (TPSA) is 78.2 Å². The van der Waals surface area contributed by atoms with Gasteiger partial charge in [-0.1, -0.05) is 6.08 Å². The van der Waals surface area contributed by atoms with Gasteiger partial charge < -0.3 is 18.6 Å². The molecule has 3 saturated heterocycles. The minimum Gasteiger partial charge on any atom is -0.467 e. The number of rotatable bonds is 3. The Labute approximate surface area is 131 Å². The van der Waals surface area contributed by atoms with Crippen molar-refractivity contribution in [1.29, 1.82) is 0 Å². The number of hydrogen-bond donors (Lipinski definition) is 0. The lowest BCUT2D eigenvalue weighted by molar-refractivity contribution is -0.183. The van der Waals surface area contributed by atoms with Gasteiger partial charge in [0.1, 0.15) is 5.76 Å². The second-order valence-corrected chi connectivity index (χ2v) is 6.21. The van der Waals surface area contributed by atoms with Crippen molar-refractivity contribution in [3.8, 4) is 0 Å². The quantitative estimate of drug-likeness (QED) is 0.595. The zero-order valence-corrected chi connectivity index (χ0v) is 12.2. The molecule has 5 rings (SSSR count). The van der Waals surface area contributed by atoms with E-state index in [4.69, 9.17) is 18.6 Å². The molecule has 4 aliphatic heterocycles. The molecule has 0 radical (unpaired) electrons. The summed E-state index contributed by atoms with van der Waals surface area (Å²) >= 11 is 0. The van der Waals surface area contributed by atoms with Crippen molar-refractivity contribution in [3.63, 3.8) is 0 Å². The van der Waals surface area contributed by atoms with Crippen molar-refractivity contribution in [2.45, 2.75) is 24.5 Å². The molecule has 4 aliphatic rings. The third-order valence-electron chi connectivity index (χ3n) is 5.05. The van der Waals surface area contributed by atoms with E-state index in [0.29, 0.717) is 19.0 Å². The van der Waals surface area contributed by atoms with Crippen LogP contribution in [0.2, 0.25) is 0 Å². The van der Waals surface area contributed by atoms with E-state index < -0.39 is 29.8 Å². The van der Waals surface area contributed by atoms with Gasteiger partial charge in [0.05, 0.1) is 44.0 Å². The zero-order chi connectivity index (χ0) is 15.6. The standard InChI is InChI=1S/C16H15NO6/c18-13-11-10-3-4-16(23-10,15-21-6-7-22-15)12(11)14(19)17(13)8-9-2-1-5-20-9/h1-5,10-12,15H,6-8H2/t10-,11+,12+,16-/m1/s1. The van der Waals surface area contributed by atoms with E-state index in [1.165, 1.54) is 11.2 Å². The van der Waals surface area contributed by atoms with Gasteiger partial charge in [0, 0.05) is 0 Å². The number of furan rings is 1. The van der Waals surface area contributed by atoms with Crippen LogP contribution in [0.15, 0.2) is 35.0 Å². The summed E-state index contributed by atoms with van der Waals surface area (Å²) in [4.78, 5) is 26.9. The molecule has 3 fully saturated rings. The molecule has 0 aliphatic carbocycles. The highest BCUT2D eigenvalue weighted by Gasteiger charge is 2.71. The summed E-state index contributed by atoms with van der Waals surface area (Å²) in [7, 11) is 0. The highest BCUT2D eigenvalue weighted by molar-refractivity contribution is 6.07. The van der Waals surface area contributed by atoms with Crippen molar-refractivity contribution in [3.05, 3.63) is 36.3 Å². The van der Waals surface area contributed by atoms with Crippen LogP contribution < -0.4 is 0 Å². The van der Waals surface area contributed by atoms with E-state index in [-0.39, 0.29) is 18.4 Å². The molecule has 2 amide bonds. The number of nitrogens with zero attached hydrogens (tertiary/aromatic N) is 1. The second-order valence-electron chi connectivity index (χ2n) is 6.21. The molecule has 2 bridgehead atoms. The first kappa shape index (κ1) is 13.5. The van der Waals surface area contributed by atoms with Gasteiger partial charge in [0.2, 0.25) is 11.8 Å². The minimum atomic E-state index is -0.990. The maximum absolute atomic E-state index is 12.9. The first-order valence-electron chi connectivity index (χ1n) is 7.69. The Hall–Kier alpha value is -1.96. The Morgan fingerprint density at radius 3 is 2.78 bits per heavy atom. The van der Waals surface area contributed by atoms with Gasteiger partial charge in [-0.05, 0) is 18.2 Å². The molecule has 0 unspecified atom stereocenters. The number of carbonyl (C=O) groups excluding carboxylic acids is 2. The fourth-order valence-electron chi connectivity index (χ4n) is 4.10. The van der Waals surface area contributed by atoms with Crippen LogP contribution in [0.3, 0.4) is 0 Å². The Bertz CT molecular complexity index is 691. The molecule has 0 N–H and O–H groups in total. The van der Waals surface area contributed by atoms with Crippen LogP contribution in [0, 0.1) is 11.8 Å². The van der Waals surface area contributed by atoms with Crippen LogP contribution >= 0.6 is 0 Å². The average molecular weight is 317 g/mol. The van der Waals surface area contributed by atoms with Gasteiger partial charge in [-0.2, -0.15) is 0 Å². The predicted molar refractivity (Wildman–Crippen MR) is 73.7 cm³/mol. The highest BCUT2D eigenvalue weighted by atomic mass is 16.7. The molecule has 23 heavy (non-hydrogen) atoms. The molecule has 0 saturated carbocycles. The molecule has 1 aromatic rings. The summed E-state index contributed by atoms with van der Waals surface area (Å²) in [5.41, 5.74) is -0.990. The first-order chi connectivity index (χ1) is 11.2. The lowest BCUT2D eigenvalue weighted by atomic mass is 9.76. The summed E-state index contributed by atoms with van der Waals surface area (Å²) in [6, 6.07) is 3.48.